The second kappa shape index (κ2) is 7.09. The first-order valence-corrected chi connectivity index (χ1v) is 8.11. The second-order valence-corrected chi connectivity index (χ2v) is 5.97. The molecule has 0 amide bonds. The molecule has 1 aromatic heterocycles. The smallest absolute Gasteiger partial charge is 0.131 e. The highest BCUT2D eigenvalue weighted by molar-refractivity contribution is 5.90. The lowest BCUT2D eigenvalue weighted by Gasteiger charge is -2.09. The Morgan fingerprint density at radius 2 is 1.73 bits per heavy atom. The first-order valence-electron chi connectivity index (χ1n) is 8.11. The van der Waals surface area contributed by atoms with E-state index in [9.17, 15) is 9.65 Å². The van der Waals surface area contributed by atoms with E-state index in [1.807, 2.05) is 36.6 Å². The van der Waals surface area contributed by atoms with Crippen LogP contribution in [-0.4, -0.2) is 4.57 Å². The van der Waals surface area contributed by atoms with Gasteiger partial charge in [0.05, 0.1) is 23.3 Å². The van der Waals surface area contributed by atoms with Gasteiger partial charge in [0.2, 0.25) is 0 Å². The van der Waals surface area contributed by atoms with Crippen LogP contribution in [0.15, 0.2) is 54.6 Å². The molecule has 26 heavy (non-hydrogen) atoms. The molecule has 4 heteroatoms. The maximum Gasteiger partial charge on any atom is 0.131 e. The molecule has 0 aliphatic rings. The van der Waals surface area contributed by atoms with Crippen molar-refractivity contribution in [3.8, 4) is 17.8 Å². The fraction of sp³-hybridized carbons (Fsp3) is 0.0909. The van der Waals surface area contributed by atoms with Crippen LogP contribution in [0.1, 0.15) is 28.1 Å². The largest absolute Gasteiger partial charge is 0.318 e. The minimum atomic E-state index is -0.416. The van der Waals surface area contributed by atoms with E-state index in [1.54, 1.807) is 36.4 Å². The van der Waals surface area contributed by atoms with Crippen molar-refractivity contribution in [2.75, 3.05) is 0 Å². The highest BCUT2D eigenvalue weighted by Crippen LogP contribution is 2.26. The minimum absolute atomic E-state index is 0.281. The molecule has 0 aliphatic carbocycles. The Balaban J connectivity index is 2.09. The van der Waals surface area contributed by atoms with Gasteiger partial charge in [0.15, 0.2) is 0 Å². The molecule has 1 heterocycles. The lowest BCUT2D eigenvalue weighted by atomic mass is 10.0. The predicted molar refractivity (Wildman–Crippen MR) is 99.8 cm³/mol. The summed E-state index contributed by atoms with van der Waals surface area (Å²) in [5.74, 6) is -0.416. The Kier molecular flexibility index (Phi) is 4.69. The third kappa shape index (κ3) is 3.14. The standard InChI is InChI=1S/C22H16FN3/c1-15-11-18(12-19(14-25)21-5-3-4-6-22(21)23)16(2)26(15)20-9-7-17(13-24)8-10-20/h3-12H,1-2H3. The van der Waals surface area contributed by atoms with E-state index in [4.69, 9.17) is 5.26 Å². The van der Waals surface area contributed by atoms with E-state index in [1.165, 1.54) is 6.07 Å². The van der Waals surface area contributed by atoms with Gasteiger partial charge in [-0.2, -0.15) is 10.5 Å². The van der Waals surface area contributed by atoms with E-state index < -0.39 is 5.82 Å². The average Bonchev–Trinajstić information content (AvgIpc) is 2.94. The molecule has 0 atom stereocenters. The third-order valence-electron chi connectivity index (χ3n) is 4.31. The van der Waals surface area contributed by atoms with Crippen molar-refractivity contribution in [2.45, 2.75) is 13.8 Å². The van der Waals surface area contributed by atoms with Crippen LogP contribution in [0.2, 0.25) is 0 Å². The summed E-state index contributed by atoms with van der Waals surface area (Å²) in [6, 6.07) is 19.7. The summed E-state index contributed by atoms with van der Waals surface area (Å²) in [5, 5.41) is 18.4. The van der Waals surface area contributed by atoms with Gasteiger partial charge >= 0.3 is 0 Å². The highest BCUT2D eigenvalue weighted by Gasteiger charge is 2.12. The number of aryl methyl sites for hydroxylation is 1. The van der Waals surface area contributed by atoms with E-state index in [0.29, 0.717) is 5.56 Å². The molecule has 3 rings (SSSR count). The number of halogens is 1. The van der Waals surface area contributed by atoms with Crippen molar-refractivity contribution in [3.05, 3.63) is 88.5 Å². The molecule has 0 spiro atoms. The number of rotatable bonds is 3. The summed E-state index contributed by atoms with van der Waals surface area (Å²) < 4.78 is 16.1. The molecule has 3 aromatic rings. The molecule has 0 saturated heterocycles. The highest BCUT2D eigenvalue weighted by atomic mass is 19.1. The SMILES string of the molecule is Cc1cc(C=C(C#N)c2ccccc2F)c(C)n1-c1ccc(C#N)cc1. The Morgan fingerprint density at radius 3 is 2.35 bits per heavy atom. The van der Waals surface area contributed by atoms with E-state index >= 15 is 0 Å². The van der Waals surface area contributed by atoms with Gasteiger partial charge in [0.25, 0.3) is 0 Å². The summed E-state index contributed by atoms with van der Waals surface area (Å²) >= 11 is 0. The van der Waals surface area contributed by atoms with Gasteiger partial charge in [-0.15, -0.1) is 0 Å². The second-order valence-electron chi connectivity index (χ2n) is 5.97. The number of allylic oxidation sites excluding steroid dienone is 1. The summed E-state index contributed by atoms with van der Waals surface area (Å²) in [5.41, 5.74) is 4.89. The lowest BCUT2D eigenvalue weighted by Crippen LogP contribution is -1.99. The third-order valence-corrected chi connectivity index (χ3v) is 4.31. The lowest BCUT2D eigenvalue weighted by molar-refractivity contribution is 0.624. The molecule has 0 saturated carbocycles. The zero-order chi connectivity index (χ0) is 18.7. The van der Waals surface area contributed by atoms with Crippen LogP contribution in [0.4, 0.5) is 4.39 Å². The Morgan fingerprint density at radius 1 is 1.04 bits per heavy atom. The molecule has 0 unspecified atom stereocenters. The maximum absolute atomic E-state index is 14.0. The Hall–Kier alpha value is -3.63. The molecule has 0 fully saturated rings. The van der Waals surface area contributed by atoms with Crippen LogP contribution in [0.25, 0.3) is 17.3 Å². The maximum atomic E-state index is 14.0. The van der Waals surface area contributed by atoms with Crippen LogP contribution in [0.5, 0.6) is 0 Å². The monoisotopic (exact) mass is 341 g/mol. The van der Waals surface area contributed by atoms with Crippen LogP contribution in [-0.2, 0) is 0 Å². The van der Waals surface area contributed by atoms with Crippen LogP contribution in [0, 0.1) is 42.3 Å². The van der Waals surface area contributed by atoms with Crippen LogP contribution < -0.4 is 0 Å². The summed E-state index contributed by atoms with van der Waals surface area (Å²) in [7, 11) is 0. The van der Waals surface area contributed by atoms with Gasteiger partial charge in [-0.25, -0.2) is 4.39 Å². The van der Waals surface area contributed by atoms with Gasteiger partial charge in [-0.1, -0.05) is 18.2 Å². The number of benzene rings is 2. The van der Waals surface area contributed by atoms with Crippen molar-refractivity contribution < 1.29 is 4.39 Å². The van der Waals surface area contributed by atoms with Gasteiger partial charge in [0, 0.05) is 22.6 Å². The zero-order valence-electron chi connectivity index (χ0n) is 14.5. The zero-order valence-corrected chi connectivity index (χ0v) is 14.5. The van der Waals surface area contributed by atoms with Crippen molar-refractivity contribution >= 4 is 11.6 Å². The summed E-state index contributed by atoms with van der Waals surface area (Å²) in [4.78, 5) is 0. The fourth-order valence-corrected chi connectivity index (χ4v) is 3.02. The first kappa shape index (κ1) is 17.2. The van der Waals surface area contributed by atoms with Crippen molar-refractivity contribution in [1.29, 1.82) is 10.5 Å². The number of hydrogen-bond acceptors (Lipinski definition) is 2. The summed E-state index contributed by atoms with van der Waals surface area (Å²) in [6.07, 6.45) is 1.71. The first-order chi connectivity index (χ1) is 12.5. The predicted octanol–water partition coefficient (Wildman–Crippen LogP) is 5.17. The van der Waals surface area contributed by atoms with Crippen LogP contribution >= 0.6 is 0 Å². The quantitative estimate of drug-likeness (QED) is 0.617. The number of nitrogens with zero attached hydrogens (tertiary/aromatic N) is 3. The van der Waals surface area contributed by atoms with Gasteiger partial charge < -0.3 is 4.57 Å². The minimum Gasteiger partial charge on any atom is -0.318 e. The molecule has 126 valence electrons. The molecule has 0 radical (unpaired) electrons. The fourth-order valence-electron chi connectivity index (χ4n) is 3.02. The van der Waals surface area contributed by atoms with Crippen molar-refractivity contribution in [2.24, 2.45) is 0 Å². The number of aromatic nitrogens is 1. The topological polar surface area (TPSA) is 52.5 Å². The van der Waals surface area contributed by atoms with Gasteiger partial charge in [-0.05, 0) is 61.9 Å². The molecule has 0 N–H and O–H groups in total. The molecule has 0 bridgehead atoms. The summed E-state index contributed by atoms with van der Waals surface area (Å²) in [6.45, 7) is 3.92. The van der Waals surface area contributed by atoms with E-state index in [0.717, 1.165) is 22.6 Å². The van der Waals surface area contributed by atoms with Crippen LogP contribution in [0.3, 0.4) is 0 Å². The molecular formula is C22H16FN3. The number of nitriles is 2. The molecule has 2 aromatic carbocycles. The van der Waals surface area contributed by atoms with Crippen molar-refractivity contribution in [1.82, 2.24) is 4.57 Å². The molecule has 3 nitrogen and oxygen atoms in total. The van der Waals surface area contributed by atoms with Gasteiger partial charge in [-0.3, -0.25) is 0 Å². The van der Waals surface area contributed by atoms with Crippen molar-refractivity contribution in [3.63, 3.8) is 0 Å². The van der Waals surface area contributed by atoms with E-state index in [-0.39, 0.29) is 11.1 Å². The normalized spacial score (nSPS) is 11.0. The average molecular weight is 341 g/mol. The molecular weight excluding hydrogens is 325 g/mol. The van der Waals surface area contributed by atoms with Gasteiger partial charge in [0.1, 0.15) is 5.82 Å². The molecule has 0 aliphatic heterocycles. The Bertz CT molecular complexity index is 1070. The Labute approximate surface area is 151 Å². The van der Waals surface area contributed by atoms with E-state index in [2.05, 4.69) is 12.1 Å². The number of hydrogen-bond donors (Lipinski definition) is 0.